The summed E-state index contributed by atoms with van der Waals surface area (Å²) in [6.07, 6.45) is 0. The Kier molecular flexibility index (Phi) is 5.19. The van der Waals surface area contributed by atoms with Gasteiger partial charge in [-0.05, 0) is 26.8 Å². The molecule has 0 aliphatic carbocycles. The van der Waals surface area contributed by atoms with Gasteiger partial charge in [0.1, 0.15) is 0 Å². The molecule has 4 rings (SSSR count). The van der Waals surface area contributed by atoms with Crippen molar-refractivity contribution in [2.75, 3.05) is 26.2 Å². The molecular formula is C21H25N5O3. The fourth-order valence-electron chi connectivity index (χ4n) is 3.68. The van der Waals surface area contributed by atoms with Gasteiger partial charge in [-0.1, -0.05) is 23.4 Å². The molecule has 152 valence electrons. The molecule has 1 amide bonds. The summed E-state index contributed by atoms with van der Waals surface area (Å²) in [4.78, 5) is 30.0. The van der Waals surface area contributed by atoms with E-state index < -0.39 is 0 Å². The van der Waals surface area contributed by atoms with Gasteiger partial charge in [-0.25, -0.2) is 4.68 Å². The number of benzene rings is 1. The minimum atomic E-state index is -0.167. The van der Waals surface area contributed by atoms with Gasteiger partial charge in [-0.15, -0.1) is 0 Å². The van der Waals surface area contributed by atoms with E-state index in [2.05, 4.69) is 15.2 Å². The van der Waals surface area contributed by atoms with Crippen LogP contribution in [0.4, 0.5) is 0 Å². The minimum absolute atomic E-state index is 0.124. The summed E-state index contributed by atoms with van der Waals surface area (Å²) >= 11 is 0. The molecule has 0 radical (unpaired) electrons. The number of fused-ring (bicyclic) bond motifs is 1. The molecule has 0 atom stereocenters. The Balaban J connectivity index is 1.55. The molecule has 8 nitrogen and oxygen atoms in total. The molecule has 2 aromatic heterocycles. The minimum Gasteiger partial charge on any atom is -0.360 e. The number of rotatable bonds is 4. The van der Waals surface area contributed by atoms with E-state index in [4.69, 9.17) is 4.52 Å². The van der Waals surface area contributed by atoms with E-state index in [1.165, 1.54) is 4.68 Å². The number of aryl methyl sites for hydroxylation is 1. The predicted octanol–water partition coefficient (Wildman–Crippen LogP) is 2.23. The Morgan fingerprint density at radius 1 is 1.14 bits per heavy atom. The SMILES string of the molecule is Cc1cc(CN2CCN(C(=O)c3nn(C(C)C)c(=O)c4ccccc34)CC2)on1. The first kappa shape index (κ1) is 19.3. The van der Waals surface area contributed by atoms with Crippen LogP contribution in [0.3, 0.4) is 0 Å². The van der Waals surface area contributed by atoms with Crippen LogP contribution in [0.1, 0.15) is 41.8 Å². The molecule has 0 N–H and O–H groups in total. The first-order chi connectivity index (χ1) is 13.9. The number of nitrogens with zero attached hydrogens (tertiary/aromatic N) is 5. The zero-order valence-corrected chi connectivity index (χ0v) is 17.0. The van der Waals surface area contributed by atoms with Crippen LogP contribution >= 0.6 is 0 Å². The summed E-state index contributed by atoms with van der Waals surface area (Å²) < 4.78 is 6.69. The molecule has 8 heteroatoms. The standard InChI is InChI=1S/C21H25N5O3/c1-14(2)26-20(27)18-7-5-4-6-17(18)19(22-26)21(28)25-10-8-24(9-11-25)13-16-12-15(3)23-29-16/h4-7,12,14H,8-11,13H2,1-3H3. The molecule has 29 heavy (non-hydrogen) atoms. The smallest absolute Gasteiger partial charge is 0.275 e. The van der Waals surface area contributed by atoms with Crippen molar-refractivity contribution < 1.29 is 9.32 Å². The molecule has 3 heterocycles. The fourth-order valence-corrected chi connectivity index (χ4v) is 3.68. The number of amides is 1. The Morgan fingerprint density at radius 3 is 2.45 bits per heavy atom. The number of piperazine rings is 1. The van der Waals surface area contributed by atoms with E-state index >= 15 is 0 Å². The maximum absolute atomic E-state index is 13.3. The Hall–Kier alpha value is -3.00. The van der Waals surface area contributed by atoms with Crippen molar-refractivity contribution in [1.82, 2.24) is 24.7 Å². The summed E-state index contributed by atoms with van der Waals surface area (Å²) in [5.41, 5.74) is 1.04. The quantitative estimate of drug-likeness (QED) is 0.674. The molecule has 1 fully saturated rings. The van der Waals surface area contributed by atoms with Crippen LogP contribution in [0.5, 0.6) is 0 Å². The highest BCUT2D eigenvalue weighted by Crippen LogP contribution is 2.18. The van der Waals surface area contributed by atoms with Crippen molar-refractivity contribution in [1.29, 1.82) is 0 Å². The van der Waals surface area contributed by atoms with Crippen molar-refractivity contribution in [2.24, 2.45) is 0 Å². The average Bonchev–Trinajstić information content (AvgIpc) is 3.13. The van der Waals surface area contributed by atoms with E-state index in [0.717, 1.165) is 24.5 Å². The molecule has 3 aromatic rings. The Morgan fingerprint density at radius 2 is 1.83 bits per heavy atom. The van der Waals surface area contributed by atoms with Gasteiger partial charge in [0.05, 0.1) is 23.7 Å². The zero-order chi connectivity index (χ0) is 20.5. The predicted molar refractivity (Wildman–Crippen MR) is 109 cm³/mol. The highest BCUT2D eigenvalue weighted by atomic mass is 16.5. The van der Waals surface area contributed by atoms with Crippen molar-refractivity contribution in [3.63, 3.8) is 0 Å². The highest BCUT2D eigenvalue weighted by molar-refractivity contribution is 6.04. The van der Waals surface area contributed by atoms with Crippen molar-refractivity contribution in [2.45, 2.75) is 33.4 Å². The van der Waals surface area contributed by atoms with Gasteiger partial charge in [-0.3, -0.25) is 14.5 Å². The number of hydrogen-bond donors (Lipinski definition) is 0. The van der Waals surface area contributed by atoms with Gasteiger partial charge in [0, 0.05) is 37.6 Å². The van der Waals surface area contributed by atoms with Crippen LogP contribution in [-0.2, 0) is 6.54 Å². The fraction of sp³-hybridized carbons (Fsp3) is 0.429. The molecule has 1 aliphatic rings. The molecule has 1 saturated heterocycles. The topological polar surface area (TPSA) is 84.5 Å². The lowest BCUT2D eigenvalue weighted by atomic mass is 10.1. The number of carbonyl (C=O) groups excluding carboxylic acids is 1. The summed E-state index contributed by atoms with van der Waals surface area (Å²) in [6.45, 7) is 9.05. The number of hydrogen-bond acceptors (Lipinski definition) is 6. The molecule has 1 aromatic carbocycles. The lowest BCUT2D eigenvalue weighted by Gasteiger charge is -2.34. The zero-order valence-electron chi connectivity index (χ0n) is 17.0. The molecule has 0 unspecified atom stereocenters. The van der Waals surface area contributed by atoms with E-state index in [0.29, 0.717) is 36.1 Å². The first-order valence-corrected chi connectivity index (χ1v) is 9.89. The van der Waals surface area contributed by atoms with Gasteiger partial charge < -0.3 is 9.42 Å². The van der Waals surface area contributed by atoms with Gasteiger partial charge in [0.15, 0.2) is 11.5 Å². The summed E-state index contributed by atoms with van der Waals surface area (Å²) in [6, 6.07) is 9.00. The van der Waals surface area contributed by atoms with Gasteiger partial charge in [0.2, 0.25) is 0 Å². The molecule has 0 saturated carbocycles. The molecule has 0 spiro atoms. The maximum atomic E-state index is 13.3. The van der Waals surface area contributed by atoms with Crippen LogP contribution in [0.25, 0.3) is 10.8 Å². The summed E-state index contributed by atoms with van der Waals surface area (Å²) in [7, 11) is 0. The van der Waals surface area contributed by atoms with Crippen molar-refractivity contribution >= 4 is 16.7 Å². The average molecular weight is 395 g/mol. The normalized spacial score (nSPS) is 15.4. The van der Waals surface area contributed by atoms with E-state index in [1.807, 2.05) is 43.9 Å². The lowest BCUT2D eigenvalue weighted by molar-refractivity contribution is 0.0611. The third-order valence-corrected chi connectivity index (χ3v) is 5.24. The van der Waals surface area contributed by atoms with Crippen LogP contribution in [0.2, 0.25) is 0 Å². The van der Waals surface area contributed by atoms with Crippen LogP contribution in [0, 0.1) is 6.92 Å². The van der Waals surface area contributed by atoms with E-state index in [-0.39, 0.29) is 17.5 Å². The number of aromatic nitrogens is 3. The van der Waals surface area contributed by atoms with Gasteiger partial charge >= 0.3 is 0 Å². The third kappa shape index (κ3) is 3.80. The second-order valence-corrected chi connectivity index (χ2v) is 7.74. The Bertz CT molecular complexity index is 1090. The summed E-state index contributed by atoms with van der Waals surface area (Å²) in [5, 5.41) is 9.50. The van der Waals surface area contributed by atoms with Crippen LogP contribution in [0.15, 0.2) is 39.6 Å². The number of carbonyl (C=O) groups is 1. The second kappa shape index (κ2) is 7.79. The largest absolute Gasteiger partial charge is 0.360 e. The third-order valence-electron chi connectivity index (χ3n) is 5.24. The van der Waals surface area contributed by atoms with E-state index in [9.17, 15) is 9.59 Å². The highest BCUT2D eigenvalue weighted by Gasteiger charge is 2.26. The molecule has 0 bridgehead atoms. The van der Waals surface area contributed by atoms with Crippen LogP contribution in [-0.4, -0.2) is 56.8 Å². The molecular weight excluding hydrogens is 370 g/mol. The van der Waals surface area contributed by atoms with Crippen molar-refractivity contribution in [3.8, 4) is 0 Å². The van der Waals surface area contributed by atoms with Crippen LogP contribution < -0.4 is 5.56 Å². The second-order valence-electron chi connectivity index (χ2n) is 7.74. The van der Waals surface area contributed by atoms with E-state index in [1.54, 1.807) is 12.1 Å². The summed E-state index contributed by atoms with van der Waals surface area (Å²) in [5.74, 6) is 0.699. The van der Waals surface area contributed by atoms with Gasteiger partial charge in [-0.2, -0.15) is 5.10 Å². The van der Waals surface area contributed by atoms with Gasteiger partial charge in [0.25, 0.3) is 11.5 Å². The Labute approximate surface area is 168 Å². The van der Waals surface area contributed by atoms with Crippen molar-refractivity contribution in [3.05, 3.63) is 57.8 Å². The maximum Gasteiger partial charge on any atom is 0.275 e. The first-order valence-electron chi connectivity index (χ1n) is 9.89. The molecule has 1 aliphatic heterocycles. The lowest BCUT2D eigenvalue weighted by Crippen LogP contribution is -2.48. The monoisotopic (exact) mass is 395 g/mol.